The Morgan fingerprint density at radius 2 is 1.88 bits per heavy atom. The first-order valence-electron chi connectivity index (χ1n) is 5.53. The molecule has 2 rings (SSSR count). The highest BCUT2D eigenvalue weighted by atomic mass is 35.5. The van der Waals surface area contributed by atoms with Crippen LogP contribution >= 0.6 is 11.6 Å². The second-order valence-electron chi connectivity index (χ2n) is 4.03. The Morgan fingerprint density at radius 3 is 2.47 bits per heavy atom. The summed E-state index contributed by atoms with van der Waals surface area (Å²) in [6, 6.07) is 7.83. The molecule has 1 aromatic heterocycles. The van der Waals surface area contributed by atoms with Crippen LogP contribution in [0.25, 0.3) is 0 Å². The lowest BCUT2D eigenvalue weighted by molar-refractivity contribution is 0.392. The van der Waals surface area contributed by atoms with Crippen molar-refractivity contribution >= 4 is 11.6 Å². The molecule has 0 aliphatic carbocycles. The van der Waals surface area contributed by atoms with E-state index in [1.54, 1.807) is 0 Å². The van der Waals surface area contributed by atoms with E-state index in [-0.39, 0.29) is 0 Å². The number of aromatic nitrogens is 1. The lowest BCUT2D eigenvalue weighted by atomic mass is 10.2. The minimum atomic E-state index is 0.763. The average Bonchev–Trinajstić information content (AvgIpc) is 2.63. The zero-order valence-electron chi connectivity index (χ0n) is 9.96. The monoisotopic (exact) mass is 250 g/mol. The molecule has 0 atom stereocenters. The van der Waals surface area contributed by atoms with Gasteiger partial charge in [0.25, 0.3) is 0 Å². The summed E-state index contributed by atoms with van der Waals surface area (Å²) in [5.74, 6) is 0.881. The number of aryl methyl sites for hydroxylation is 2. The predicted octanol–water partition coefficient (Wildman–Crippen LogP) is 3.23. The van der Waals surface area contributed by atoms with Crippen molar-refractivity contribution in [1.82, 2.24) is 10.5 Å². The molecule has 1 aromatic carbocycles. The van der Waals surface area contributed by atoms with Crippen LogP contribution in [0.3, 0.4) is 0 Å². The lowest BCUT2D eigenvalue weighted by Gasteiger charge is -2.04. The molecule has 0 unspecified atom stereocenters. The third-order valence-corrected chi connectivity index (χ3v) is 2.98. The standard InChI is InChI=1S/C13H15ClN2O/c1-9-13(10(2)17-16-9)8-15-7-11-3-5-12(14)6-4-11/h3-6,15H,7-8H2,1-2H3. The van der Waals surface area contributed by atoms with Crippen LogP contribution in [0.1, 0.15) is 22.6 Å². The zero-order chi connectivity index (χ0) is 12.3. The van der Waals surface area contributed by atoms with Crippen LogP contribution in [0.2, 0.25) is 5.02 Å². The minimum absolute atomic E-state index is 0.763. The topological polar surface area (TPSA) is 38.1 Å². The van der Waals surface area contributed by atoms with Gasteiger partial charge in [0.2, 0.25) is 0 Å². The number of rotatable bonds is 4. The van der Waals surface area contributed by atoms with Crippen LogP contribution in [0.15, 0.2) is 28.8 Å². The second kappa shape index (κ2) is 5.34. The van der Waals surface area contributed by atoms with E-state index in [2.05, 4.69) is 10.5 Å². The van der Waals surface area contributed by atoms with Crippen LogP contribution < -0.4 is 5.32 Å². The number of hydrogen-bond donors (Lipinski definition) is 1. The summed E-state index contributed by atoms with van der Waals surface area (Å²) >= 11 is 5.83. The van der Waals surface area contributed by atoms with Crippen LogP contribution in [-0.4, -0.2) is 5.16 Å². The largest absolute Gasteiger partial charge is 0.361 e. The summed E-state index contributed by atoms with van der Waals surface area (Å²) in [6.45, 7) is 5.46. The van der Waals surface area contributed by atoms with Gasteiger partial charge in [-0.3, -0.25) is 0 Å². The Morgan fingerprint density at radius 1 is 1.18 bits per heavy atom. The molecule has 0 amide bonds. The third kappa shape index (κ3) is 3.08. The summed E-state index contributed by atoms with van der Waals surface area (Å²) in [6.07, 6.45) is 0. The molecule has 4 heteroatoms. The molecular formula is C13H15ClN2O. The summed E-state index contributed by atoms with van der Waals surface area (Å²) in [5, 5.41) is 8.05. The Labute approximate surface area is 106 Å². The number of nitrogens with zero attached hydrogens (tertiary/aromatic N) is 1. The molecule has 0 aliphatic heterocycles. The van der Waals surface area contributed by atoms with Crippen LogP contribution in [-0.2, 0) is 13.1 Å². The van der Waals surface area contributed by atoms with Crippen molar-refractivity contribution in [2.45, 2.75) is 26.9 Å². The highest BCUT2D eigenvalue weighted by molar-refractivity contribution is 6.30. The highest BCUT2D eigenvalue weighted by Crippen LogP contribution is 2.12. The van der Waals surface area contributed by atoms with Gasteiger partial charge in [-0.05, 0) is 31.5 Å². The number of benzene rings is 1. The normalized spacial score (nSPS) is 10.8. The smallest absolute Gasteiger partial charge is 0.138 e. The van der Waals surface area contributed by atoms with Crippen molar-refractivity contribution in [1.29, 1.82) is 0 Å². The van der Waals surface area contributed by atoms with Crippen molar-refractivity contribution in [2.24, 2.45) is 0 Å². The summed E-state index contributed by atoms with van der Waals surface area (Å²) in [7, 11) is 0. The van der Waals surface area contributed by atoms with Crippen molar-refractivity contribution in [3.63, 3.8) is 0 Å². The van der Waals surface area contributed by atoms with Crippen molar-refractivity contribution in [3.05, 3.63) is 51.9 Å². The summed E-state index contributed by atoms with van der Waals surface area (Å²) in [4.78, 5) is 0. The van der Waals surface area contributed by atoms with Gasteiger partial charge in [-0.25, -0.2) is 0 Å². The molecule has 0 fully saturated rings. The van der Waals surface area contributed by atoms with Gasteiger partial charge in [-0.15, -0.1) is 0 Å². The van der Waals surface area contributed by atoms with Crippen molar-refractivity contribution < 1.29 is 4.52 Å². The van der Waals surface area contributed by atoms with Gasteiger partial charge in [0.1, 0.15) is 5.76 Å². The molecule has 2 aromatic rings. The van der Waals surface area contributed by atoms with E-state index >= 15 is 0 Å². The van der Waals surface area contributed by atoms with Gasteiger partial charge in [0, 0.05) is 23.7 Å². The van der Waals surface area contributed by atoms with E-state index in [1.807, 2.05) is 38.1 Å². The van der Waals surface area contributed by atoms with Gasteiger partial charge in [0.05, 0.1) is 5.69 Å². The molecular weight excluding hydrogens is 236 g/mol. The number of halogens is 1. The Balaban J connectivity index is 1.90. The SMILES string of the molecule is Cc1noc(C)c1CNCc1ccc(Cl)cc1. The van der Waals surface area contributed by atoms with Gasteiger partial charge >= 0.3 is 0 Å². The molecule has 90 valence electrons. The average molecular weight is 251 g/mol. The molecule has 1 heterocycles. The van der Waals surface area contributed by atoms with Gasteiger partial charge in [-0.1, -0.05) is 28.9 Å². The lowest BCUT2D eigenvalue weighted by Crippen LogP contribution is -2.13. The van der Waals surface area contributed by atoms with Gasteiger partial charge in [0.15, 0.2) is 0 Å². The molecule has 1 N–H and O–H groups in total. The van der Waals surface area contributed by atoms with E-state index in [0.29, 0.717) is 0 Å². The second-order valence-corrected chi connectivity index (χ2v) is 4.47. The zero-order valence-corrected chi connectivity index (χ0v) is 10.7. The summed E-state index contributed by atoms with van der Waals surface area (Å²) < 4.78 is 5.11. The molecule has 0 radical (unpaired) electrons. The minimum Gasteiger partial charge on any atom is -0.361 e. The maximum Gasteiger partial charge on any atom is 0.138 e. The quantitative estimate of drug-likeness (QED) is 0.905. The van der Waals surface area contributed by atoms with E-state index in [1.165, 1.54) is 5.56 Å². The molecule has 0 aliphatic rings. The molecule has 0 bridgehead atoms. The highest BCUT2D eigenvalue weighted by Gasteiger charge is 2.07. The fraction of sp³-hybridized carbons (Fsp3) is 0.308. The predicted molar refractivity (Wildman–Crippen MR) is 68.0 cm³/mol. The first kappa shape index (κ1) is 12.1. The first-order chi connectivity index (χ1) is 8.16. The fourth-order valence-electron chi connectivity index (χ4n) is 1.69. The fourth-order valence-corrected chi connectivity index (χ4v) is 1.81. The van der Waals surface area contributed by atoms with E-state index in [0.717, 1.165) is 35.1 Å². The first-order valence-corrected chi connectivity index (χ1v) is 5.91. The summed E-state index contributed by atoms with van der Waals surface area (Å²) in [5.41, 5.74) is 3.30. The Hall–Kier alpha value is -1.32. The van der Waals surface area contributed by atoms with Crippen LogP contribution in [0, 0.1) is 13.8 Å². The molecule has 0 saturated carbocycles. The number of nitrogens with one attached hydrogen (secondary N) is 1. The Bertz CT molecular complexity index is 471. The third-order valence-electron chi connectivity index (χ3n) is 2.73. The van der Waals surface area contributed by atoms with Crippen LogP contribution in [0.4, 0.5) is 0 Å². The Kier molecular flexibility index (Phi) is 3.82. The van der Waals surface area contributed by atoms with Crippen molar-refractivity contribution in [2.75, 3.05) is 0 Å². The molecule has 17 heavy (non-hydrogen) atoms. The van der Waals surface area contributed by atoms with Gasteiger partial charge in [-0.2, -0.15) is 0 Å². The van der Waals surface area contributed by atoms with E-state index in [4.69, 9.17) is 16.1 Å². The van der Waals surface area contributed by atoms with E-state index < -0.39 is 0 Å². The molecule has 0 spiro atoms. The van der Waals surface area contributed by atoms with Gasteiger partial charge < -0.3 is 9.84 Å². The van der Waals surface area contributed by atoms with E-state index in [9.17, 15) is 0 Å². The molecule has 0 saturated heterocycles. The maximum absolute atomic E-state index is 5.83. The number of hydrogen-bond acceptors (Lipinski definition) is 3. The van der Waals surface area contributed by atoms with Crippen LogP contribution in [0.5, 0.6) is 0 Å². The van der Waals surface area contributed by atoms with Crippen molar-refractivity contribution in [3.8, 4) is 0 Å². The maximum atomic E-state index is 5.83. The molecule has 3 nitrogen and oxygen atoms in total.